The van der Waals surface area contributed by atoms with Gasteiger partial charge in [0.2, 0.25) is 0 Å². The maximum absolute atomic E-state index is 11.4. The van der Waals surface area contributed by atoms with Crippen LogP contribution in [0.3, 0.4) is 0 Å². The van der Waals surface area contributed by atoms with Gasteiger partial charge in [0.15, 0.2) is 0 Å². The van der Waals surface area contributed by atoms with E-state index in [1.54, 1.807) is 0 Å². The molecule has 0 heterocycles. The fourth-order valence-electron chi connectivity index (χ4n) is 1.52. The highest BCUT2D eigenvalue weighted by Gasteiger charge is 2.19. The first-order valence-corrected chi connectivity index (χ1v) is 6.03. The molecule has 17 heavy (non-hydrogen) atoms. The van der Waals surface area contributed by atoms with E-state index in [0.717, 1.165) is 25.9 Å². The summed E-state index contributed by atoms with van der Waals surface area (Å²) in [6.07, 6.45) is 2.06. The molecule has 0 aliphatic carbocycles. The van der Waals surface area contributed by atoms with Gasteiger partial charge in [-0.05, 0) is 20.5 Å². The Hall–Kier alpha value is -1.36. The van der Waals surface area contributed by atoms with Crippen LogP contribution in [0.1, 0.15) is 19.8 Å². The van der Waals surface area contributed by atoms with Crippen molar-refractivity contribution in [3.63, 3.8) is 0 Å². The highest BCUT2D eigenvalue weighted by atomic mass is 16.2. The smallest absolute Gasteiger partial charge is 0.253 e. The van der Waals surface area contributed by atoms with Gasteiger partial charge in [0.25, 0.3) is 10.9 Å². The van der Waals surface area contributed by atoms with Gasteiger partial charge in [0, 0.05) is 19.6 Å². The first-order valence-electron chi connectivity index (χ1n) is 6.03. The molecule has 0 aliphatic heterocycles. The number of anilines is 2. The lowest BCUT2D eigenvalue weighted by Crippen LogP contribution is -2.38. The normalized spacial score (nSPS) is 11.1. The first kappa shape index (κ1) is 13.7. The van der Waals surface area contributed by atoms with Crippen molar-refractivity contribution in [1.82, 2.24) is 4.90 Å². The SMILES string of the molecule is CCCCNc1c(NCCN(C)C)c(=O)c1=O. The Morgan fingerprint density at radius 2 is 1.53 bits per heavy atom. The van der Waals surface area contributed by atoms with Crippen LogP contribution >= 0.6 is 0 Å². The molecule has 0 saturated heterocycles. The van der Waals surface area contributed by atoms with Crippen LogP contribution in [0, 0.1) is 0 Å². The highest BCUT2D eigenvalue weighted by Crippen LogP contribution is 2.13. The Balaban J connectivity index is 2.51. The maximum atomic E-state index is 11.4. The van der Waals surface area contributed by atoms with E-state index in [-0.39, 0.29) is 0 Å². The third kappa shape index (κ3) is 3.56. The molecule has 0 unspecified atom stereocenters. The average Bonchev–Trinajstić information content (AvgIpc) is 2.30. The molecule has 96 valence electrons. The molecule has 2 N–H and O–H groups in total. The van der Waals surface area contributed by atoms with E-state index >= 15 is 0 Å². The lowest BCUT2D eigenvalue weighted by Gasteiger charge is -2.16. The zero-order valence-corrected chi connectivity index (χ0v) is 10.8. The first-order chi connectivity index (χ1) is 8.07. The van der Waals surface area contributed by atoms with Gasteiger partial charge in [-0.2, -0.15) is 0 Å². The molecule has 5 heteroatoms. The summed E-state index contributed by atoms with van der Waals surface area (Å²) in [5.41, 5.74) is 0.117. The fraction of sp³-hybridized carbons (Fsp3) is 0.667. The molecule has 0 radical (unpaired) electrons. The van der Waals surface area contributed by atoms with Crippen LogP contribution in [0.4, 0.5) is 11.4 Å². The van der Waals surface area contributed by atoms with E-state index in [4.69, 9.17) is 0 Å². The molecule has 0 fully saturated rings. The van der Waals surface area contributed by atoms with Crippen molar-refractivity contribution in [3.05, 3.63) is 20.4 Å². The summed E-state index contributed by atoms with van der Waals surface area (Å²) in [5, 5.41) is 6.03. The molecule has 1 rings (SSSR count). The van der Waals surface area contributed by atoms with E-state index in [1.807, 2.05) is 19.0 Å². The molecule has 0 amide bonds. The van der Waals surface area contributed by atoms with E-state index in [1.165, 1.54) is 0 Å². The van der Waals surface area contributed by atoms with Gasteiger partial charge in [0.1, 0.15) is 11.4 Å². The summed E-state index contributed by atoms with van der Waals surface area (Å²) in [6, 6.07) is 0. The largest absolute Gasteiger partial charge is 0.380 e. The second kappa shape index (κ2) is 6.39. The average molecular weight is 239 g/mol. The fourth-order valence-corrected chi connectivity index (χ4v) is 1.52. The van der Waals surface area contributed by atoms with Crippen molar-refractivity contribution in [3.8, 4) is 0 Å². The van der Waals surface area contributed by atoms with Crippen LogP contribution in [-0.4, -0.2) is 38.6 Å². The molecule has 0 atom stereocenters. The molecule has 0 aliphatic rings. The Labute approximate surface area is 102 Å². The summed E-state index contributed by atoms with van der Waals surface area (Å²) >= 11 is 0. The van der Waals surface area contributed by atoms with Crippen LogP contribution in [0.15, 0.2) is 9.59 Å². The Morgan fingerprint density at radius 3 is 2.00 bits per heavy atom. The lowest BCUT2D eigenvalue weighted by molar-refractivity contribution is 0.425. The molecular weight excluding hydrogens is 218 g/mol. The predicted octanol–water partition coefficient (Wildman–Crippen LogP) is 0.468. The standard InChI is InChI=1S/C12H21N3O2/c1-4-5-6-13-9-10(12(17)11(9)16)14-7-8-15(2)3/h13-14H,4-8H2,1-3H3. The van der Waals surface area contributed by atoms with Crippen molar-refractivity contribution >= 4 is 11.4 Å². The van der Waals surface area contributed by atoms with Crippen LogP contribution < -0.4 is 21.5 Å². The summed E-state index contributed by atoms with van der Waals surface area (Å²) in [6.45, 7) is 4.32. The monoisotopic (exact) mass is 239 g/mol. The number of rotatable bonds is 8. The van der Waals surface area contributed by atoms with Gasteiger partial charge in [-0.25, -0.2) is 0 Å². The number of unbranched alkanes of at least 4 members (excludes halogenated alkanes) is 1. The number of likely N-dealkylation sites (N-methyl/N-ethyl adjacent to an activating group) is 1. The molecule has 0 spiro atoms. The second-order valence-corrected chi connectivity index (χ2v) is 4.42. The van der Waals surface area contributed by atoms with E-state index in [0.29, 0.717) is 17.9 Å². The zero-order valence-electron chi connectivity index (χ0n) is 10.8. The Kier molecular flexibility index (Phi) is 5.15. The molecule has 0 saturated carbocycles. The second-order valence-electron chi connectivity index (χ2n) is 4.42. The minimum absolute atomic E-state index is 0.395. The topological polar surface area (TPSA) is 61.4 Å². The number of nitrogens with zero attached hydrogens (tertiary/aromatic N) is 1. The van der Waals surface area contributed by atoms with Crippen molar-refractivity contribution in [2.24, 2.45) is 0 Å². The van der Waals surface area contributed by atoms with Crippen molar-refractivity contribution in [2.75, 3.05) is 44.4 Å². The third-order valence-electron chi connectivity index (χ3n) is 2.60. The van der Waals surface area contributed by atoms with E-state index < -0.39 is 10.9 Å². The molecule has 0 bridgehead atoms. The van der Waals surface area contributed by atoms with Gasteiger partial charge in [-0.15, -0.1) is 0 Å². The Morgan fingerprint density at radius 1 is 1.00 bits per heavy atom. The Bertz CT molecular complexity index is 419. The van der Waals surface area contributed by atoms with E-state index in [9.17, 15) is 9.59 Å². The van der Waals surface area contributed by atoms with Crippen LogP contribution in [0.25, 0.3) is 0 Å². The van der Waals surface area contributed by atoms with Crippen molar-refractivity contribution < 1.29 is 0 Å². The van der Waals surface area contributed by atoms with Crippen molar-refractivity contribution in [2.45, 2.75) is 19.8 Å². The van der Waals surface area contributed by atoms with Gasteiger partial charge in [-0.3, -0.25) is 9.59 Å². The molecule has 0 aromatic heterocycles. The zero-order chi connectivity index (χ0) is 12.8. The molecule has 5 nitrogen and oxygen atoms in total. The molecule has 1 aromatic rings. The minimum atomic E-state index is -0.400. The predicted molar refractivity (Wildman–Crippen MR) is 71.8 cm³/mol. The minimum Gasteiger partial charge on any atom is -0.380 e. The van der Waals surface area contributed by atoms with Gasteiger partial charge in [-0.1, -0.05) is 13.3 Å². The number of hydrogen-bond donors (Lipinski definition) is 2. The van der Waals surface area contributed by atoms with Crippen LogP contribution in [0.2, 0.25) is 0 Å². The number of hydrogen-bond acceptors (Lipinski definition) is 5. The summed E-state index contributed by atoms with van der Waals surface area (Å²) in [7, 11) is 3.93. The summed E-state index contributed by atoms with van der Waals surface area (Å²) in [5.74, 6) is 0. The van der Waals surface area contributed by atoms with Gasteiger partial charge >= 0.3 is 0 Å². The summed E-state index contributed by atoms with van der Waals surface area (Å²) < 4.78 is 0. The quantitative estimate of drug-likeness (QED) is 0.510. The number of nitrogens with one attached hydrogen (secondary N) is 2. The lowest BCUT2D eigenvalue weighted by atomic mass is 10.2. The van der Waals surface area contributed by atoms with Gasteiger partial charge < -0.3 is 15.5 Å². The summed E-state index contributed by atoms with van der Waals surface area (Å²) in [4.78, 5) is 24.7. The molecular formula is C12H21N3O2. The van der Waals surface area contributed by atoms with Crippen molar-refractivity contribution in [1.29, 1.82) is 0 Å². The van der Waals surface area contributed by atoms with Gasteiger partial charge in [0.05, 0.1) is 0 Å². The van der Waals surface area contributed by atoms with E-state index in [2.05, 4.69) is 17.6 Å². The maximum Gasteiger partial charge on any atom is 0.253 e. The highest BCUT2D eigenvalue weighted by molar-refractivity contribution is 5.73. The third-order valence-corrected chi connectivity index (χ3v) is 2.60. The van der Waals surface area contributed by atoms with Crippen LogP contribution in [0.5, 0.6) is 0 Å². The van der Waals surface area contributed by atoms with Crippen LogP contribution in [-0.2, 0) is 0 Å². The molecule has 1 aromatic carbocycles.